The molecule has 0 saturated heterocycles. The highest BCUT2D eigenvalue weighted by atomic mass is 32.2. The highest BCUT2D eigenvalue weighted by Gasteiger charge is 2.60. The third-order valence-corrected chi connectivity index (χ3v) is 18.3. The second-order valence-electron chi connectivity index (χ2n) is 18.7. The lowest BCUT2D eigenvalue weighted by molar-refractivity contribution is -0.127. The number of benzene rings is 4. The number of carbonyl (C=O) groups excluding carboxylic acids is 2. The van der Waals surface area contributed by atoms with E-state index < -0.39 is 42.6 Å². The monoisotopic (exact) mass is 912 g/mol. The molecule has 6 aromatic rings. The van der Waals surface area contributed by atoms with Gasteiger partial charge in [0.1, 0.15) is 34.6 Å². The van der Waals surface area contributed by atoms with Crippen LogP contribution in [0, 0.1) is 48.3 Å². The fourth-order valence-corrected chi connectivity index (χ4v) is 15.5. The Kier molecular flexibility index (Phi) is 9.63. The number of methoxy groups -OCH3 is 4. The van der Waals surface area contributed by atoms with Crippen LogP contribution in [0.4, 0.5) is 0 Å². The molecule has 6 atom stereocenters. The summed E-state index contributed by atoms with van der Waals surface area (Å²) in [6.45, 7) is 7.49. The maximum atomic E-state index is 14.8. The van der Waals surface area contributed by atoms with Crippen LogP contribution in [0.15, 0.2) is 36.4 Å². The summed E-state index contributed by atoms with van der Waals surface area (Å²) >= 11 is 0. The Morgan fingerprint density at radius 1 is 0.562 bits per heavy atom. The summed E-state index contributed by atoms with van der Waals surface area (Å²) in [4.78, 5) is 33.9. The van der Waals surface area contributed by atoms with E-state index in [2.05, 4.69) is 9.97 Å². The van der Waals surface area contributed by atoms with Crippen LogP contribution in [0.1, 0.15) is 63.5 Å². The summed E-state index contributed by atoms with van der Waals surface area (Å²) in [5.41, 5.74) is 1.05. The number of Topliss-reactive ketones (excluding diaryl/α,β-unsaturated/α-hetero) is 2. The molecule has 4 aromatic carbocycles. The predicted molar refractivity (Wildman–Crippen MR) is 243 cm³/mol. The van der Waals surface area contributed by atoms with Crippen LogP contribution in [0.3, 0.4) is 0 Å². The number of H-pyrrole nitrogens is 2. The van der Waals surface area contributed by atoms with E-state index >= 15 is 0 Å². The number of hydrogen-bond donors (Lipinski definition) is 2. The summed E-state index contributed by atoms with van der Waals surface area (Å²) in [5.74, 6) is 0.422. The molecule has 16 heteroatoms. The third kappa shape index (κ3) is 6.13. The number of ketones is 2. The molecule has 0 amide bonds. The van der Waals surface area contributed by atoms with Gasteiger partial charge in [-0.2, -0.15) is 16.8 Å². The average Bonchev–Trinajstić information content (AvgIpc) is 4.06. The molecule has 2 N–H and O–H groups in total. The fraction of sp³-hybridized carbons (Fsp3) is 0.458. The zero-order valence-electron chi connectivity index (χ0n) is 37.1. The molecular weight excluding hydrogens is 861 g/mol. The molecule has 338 valence electrons. The molecule has 0 radical (unpaired) electrons. The lowest BCUT2D eigenvalue weighted by atomic mass is 9.81. The molecule has 14 nitrogen and oxygen atoms in total. The van der Waals surface area contributed by atoms with Crippen LogP contribution < -0.4 is 27.3 Å². The second-order valence-corrected chi connectivity index (χ2v) is 21.8. The first-order valence-corrected chi connectivity index (χ1v) is 24.9. The van der Waals surface area contributed by atoms with E-state index in [0.717, 1.165) is 12.8 Å². The van der Waals surface area contributed by atoms with Crippen molar-refractivity contribution < 1.29 is 53.7 Å². The average molecular weight is 913 g/mol. The Morgan fingerprint density at radius 2 is 0.938 bits per heavy atom. The van der Waals surface area contributed by atoms with Crippen LogP contribution in [0.25, 0.3) is 54.7 Å². The maximum Gasteiger partial charge on any atom is 0.310 e. The van der Waals surface area contributed by atoms with Crippen molar-refractivity contribution in [1.29, 1.82) is 0 Å². The number of nitrogens with one attached hydrogen (secondary N) is 2. The lowest BCUT2D eigenvalue weighted by Crippen LogP contribution is -2.38. The third-order valence-electron chi connectivity index (χ3n) is 15.7. The first-order chi connectivity index (χ1) is 30.4. The molecule has 2 heterocycles. The van der Waals surface area contributed by atoms with Gasteiger partial charge in [0.25, 0.3) is 0 Å². The summed E-state index contributed by atoms with van der Waals surface area (Å²) in [7, 11) is -2.97. The molecule has 0 spiro atoms. The first kappa shape index (κ1) is 42.5. The number of ether oxygens (including phenoxy) is 4. The highest BCUT2D eigenvalue weighted by Crippen LogP contribution is 2.59. The molecule has 4 fully saturated rings. The molecule has 4 saturated carbocycles. The minimum atomic E-state index is -4.54. The summed E-state index contributed by atoms with van der Waals surface area (Å²) in [6, 6.07) is 10.8. The van der Waals surface area contributed by atoms with Crippen LogP contribution in [-0.4, -0.2) is 78.3 Å². The van der Waals surface area contributed by atoms with Crippen LogP contribution in [0.2, 0.25) is 0 Å². The lowest BCUT2D eigenvalue weighted by Gasteiger charge is -2.29. The van der Waals surface area contributed by atoms with Gasteiger partial charge in [-0.3, -0.25) is 9.59 Å². The van der Waals surface area contributed by atoms with Crippen molar-refractivity contribution in [1.82, 2.24) is 9.97 Å². The Morgan fingerprint density at radius 3 is 1.25 bits per heavy atom. The standard InChI is InChI=1S/C48H52N2O12S2/c1-23-13-31-33-17-29(57-5)19-35(59-7)41(33)49-43(31)45(61-63(53,54)21-47-11-9-27(25(47)3)15-37(47)51)39(23)40-24(2)14-32-34-18-30(58-6)20-36(60-8)42(34)50-44(32)46(40)62-64(55,56)22-48-12-10-28(26(48)4)16-38(48)52/h13-14,17-20,25-28,49-50H,9-12,15-16,21-22H2,1-8H3/t25-,26+,27-,28-,47+,48+/m1/s1. The van der Waals surface area contributed by atoms with E-state index in [0.29, 0.717) is 92.4 Å². The summed E-state index contributed by atoms with van der Waals surface area (Å²) in [6.07, 6.45) is 3.08. The maximum absolute atomic E-state index is 14.8. The van der Waals surface area contributed by atoms with Gasteiger partial charge < -0.3 is 37.3 Å². The smallest absolute Gasteiger partial charge is 0.310 e. The van der Waals surface area contributed by atoms with Crippen molar-refractivity contribution in [2.24, 2.45) is 34.5 Å². The van der Waals surface area contributed by atoms with Gasteiger partial charge in [-0.05, 0) is 98.6 Å². The van der Waals surface area contributed by atoms with Crippen LogP contribution in [0.5, 0.6) is 34.5 Å². The van der Waals surface area contributed by atoms with Crippen molar-refractivity contribution in [2.45, 2.75) is 66.2 Å². The van der Waals surface area contributed by atoms with E-state index in [1.807, 2.05) is 38.1 Å². The molecule has 2 aromatic heterocycles. The quantitative estimate of drug-likeness (QED) is 0.105. The van der Waals surface area contributed by atoms with Gasteiger partial charge in [0.05, 0.1) is 62.0 Å². The van der Waals surface area contributed by atoms with E-state index in [-0.39, 0.29) is 68.9 Å². The zero-order valence-corrected chi connectivity index (χ0v) is 38.8. The molecule has 4 aliphatic rings. The molecule has 10 rings (SSSR count). The number of aryl methyl sites for hydroxylation is 2. The van der Waals surface area contributed by atoms with Crippen molar-refractivity contribution in [3.63, 3.8) is 0 Å². The Bertz CT molecular complexity index is 3030. The van der Waals surface area contributed by atoms with Crippen molar-refractivity contribution in [2.75, 3.05) is 39.9 Å². The van der Waals surface area contributed by atoms with Gasteiger partial charge in [0.2, 0.25) is 0 Å². The van der Waals surface area contributed by atoms with Crippen molar-refractivity contribution >= 4 is 75.4 Å². The van der Waals surface area contributed by atoms with E-state index in [1.54, 1.807) is 26.0 Å². The largest absolute Gasteiger partial charge is 0.497 e. The van der Waals surface area contributed by atoms with Gasteiger partial charge in [-0.1, -0.05) is 13.8 Å². The number of aromatic nitrogens is 2. The Labute approximate surface area is 371 Å². The normalized spacial score (nSPS) is 25.4. The Hall–Kier alpha value is -5.48. The molecule has 0 aliphatic heterocycles. The number of fused-ring (bicyclic) bond motifs is 10. The summed E-state index contributed by atoms with van der Waals surface area (Å²) < 4.78 is 94.7. The van der Waals surface area contributed by atoms with Crippen molar-refractivity contribution in [3.05, 3.63) is 47.5 Å². The Balaban J connectivity index is 1.26. The highest BCUT2D eigenvalue weighted by molar-refractivity contribution is 7.87. The van der Waals surface area contributed by atoms with Gasteiger partial charge in [0.15, 0.2) is 11.5 Å². The second kappa shape index (κ2) is 14.5. The summed E-state index contributed by atoms with van der Waals surface area (Å²) in [5, 5.41) is 2.49. The molecule has 64 heavy (non-hydrogen) atoms. The molecule has 0 unspecified atom stereocenters. The first-order valence-electron chi connectivity index (χ1n) is 21.7. The number of aromatic amines is 2. The molecule has 4 aliphatic carbocycles. The van der Waals surface area contributed by atoms with Crippen molar-refractivity contribution in [3.8, 4) is 45.6 Å². The number of rotatable bonds is 13. The zero-order chi connectivity index (χ0) is 45.4. The van der Waals surface area contributed by atoms with E-state index in [1.165, 1.54) is 28.4 Å². The van der Waals surface area contributed by atoms with Crippen LogP contribution in [-0.2, 0) is 29.8 Å². The predicted octanol–water partition coefficient (Wildman–Crippen LogP) is 8.70. The minimum Gasteiger partial charge on any atom is -0.497 e. The minimum absolute atomic E-state index is 0.0725. The van der Waals surface area contributed by atoms with Gasteiger partial charge in [-0.15, -0.1) is 0 Å². The van der Waals surface area contributed by atoms with E-state index in [4.69, 9.17) is 27.3 Å². The number of carbonyl (C=O) groups is 2. The number of hydrogen-bond acceptors (Lipinski definition) is 12. The topological polar surface area (TPSA) is 189 Å². The van der Waals surface area contributed by atoms with Gasteiger partial charge in [-0.25, -0.2) is 0 Å². The van der Waals surface area contributed by atoms with Gasteiger partial charge >= 0.3 is 20.2 Å². The van der Waals surface area contributed by atoms with Gasteiger partial charge in [0, 0.05) is 68.5 Å². The van der Waals surface area contributed by atoms with Crippen LogP contribution >= 0.6 is 0 Å². The molecular formula is C48H52N2O12S2. The molecule has 4 bridgehead atoms. The fourth-order valence-electron chi connectivity index (χ4n) is 12.2. The van der Waals surface area contributed by atoms with E-state index in [9.17, 15) is 26.4 Å². The SMILES string of the molecule is COc1cc(OC)c2[nH]c3c(OS(=O)(=O)C[C@]45CC[C@H](CC4=O)[C@H]5C)c(-c4c(C)cc5c([nH]c6c(OC)cc(OC)cc65)c4OS(=O)(=O)C[C@]45CC[C@H](CC4=O)[C@@H]5C)c(C)cc3c2c1.